The summed E-state index contributed by atoms with van der Waals surface area (Å²) in [5.41, 5.74) is 3.63. The van der Waals surface area contributed by atoms with Gasteiger partial charge in [-0.3, -0.25) is 18.7 Å². The van der Waals surface area contributed by atoms with Crippen LogP contribution in [0.1, 0.15) is 55.1 Å². The summed E-state index contributed by atoms with van der Waals surface area (Å²) in [7, 11) is 2.71. The van der Waals surface area contributed by atoms with Gasteiger partial charge in [-0.05, 0) is 37.6 Å². The normalized spacial score (nSPS) is 13.7. The lowest BCUT2D eigenvalue weighted by atomic mass is 9.82. The van der Waals surface area contributed by atoms with Crippen LogP contribution in [0.2, 0.25) is 0 Å². The van der Waals surface area contributed by atoms with E-state index >= 15 is 0 Å². The van der Waals surface area contributed by atoms with Crippen molar-refractivity contribution in [2.45, 2.75) is 39.2 Å². The van der Waals surface area contributed by atoms with Gasteiger partial charge in [-0.25, -0.2) is 4.79 Å². The third-order valence-electron chi connectivity index (χ3n) is 7.02. The fourth-order valence-corrected chi connectivity index (χ4v) is 4.67. The van der Waals surface area contributed by atoms with E-state index in [0.29, 0.717) is 24.1 Å². The number of benzene rings is 1. The predicted octanol–water partition coefficient (Wildman–Crippen LogP) is 2.35. The van der Waals surface area contributed by atoms with Crippen molar-refractivity contribution >= 4 is 17.6 Å². The molecule has 3 heterocycles. The number of pyridine rings is 1. The fourth-order valence-electron chi connectivity index (χ4n) is 4.67. The maximum atomic E-state index is 12.4. The zero-order valence-electron chi connectivity index (χ0n) is 22.1. The minimum atomic E-state index is -0.630. The number of amides is 1. The van der Waals surface area contributed by atoms with Gasteiger partial charge in [0.25, 0.3) is 5.56 Å². The van der Waals surface area contributed by atoms with Crippen molar-refractivity contribution in [2.24, 2.45) is 14.1 Å². The summed E-state index contributed by atoms with van der Waals surface area (Å²) in [5.74, 6) is -0.438. The standard InChI is InChI=1S/C29H29N5O4/c1-6-25(35)31-17-18-10-11-23-22(14-18)29(2,3)24-15-19(12-13-34(23)24)20(16-30)8-7-9-21-26(36)32(4)28(38)33(5)27(21)37/h7-15H,6,17H2,1-5H3,(H,31,35)/p+1. The quantitative estimate of drug-likeness (QED) is 0.298. The number of allylic oxidation sites excluding steroid dienone is 3. The molecular formula is C29H30N5O4+. The molecule has 2 aromatic heterocycles. The second kappa shape index (κ2) is 9.98. The van der Waals surface area contributed by atoms with Gasteiger partial charge in [-0.2, -0.15) is 9.83 Å². The zero-order chi connectivity index (χ0) is 27.8. The van der Waals surface area contributed by atoms with Crippen molar-refractivity contribution in [1.29, 1.82) is 5.26 Å². The Kier molecular flexibility index (Phi) is 6.92. The number of rotatable bonds is 6. The minimum Gasteiger partial charge on any atom is -0.494 e. The number of nitrogens with zero attached hydrogens (tertiary/aromatic N) is 4. The number of hydrogen-bond acceptors (Lipinski definition) is 5. The number of carbonyl (C=O) groups excluding carboxylic acids is 1. The molecule has 0 unspecified atom stereocenters. The Morgan fingerprint density at radius 2 is 1.92 bits per heavy atom. The molecule has 0 saturated carbocycles. The molecule has 0 aliphatic carbocycles. The highest BCUT2D eigenvalue weighted by atomic mass is 16.3. The number of nitrogens with one attached hydrogen (secondary N) is 1. The molecular weight excluding hydrogens is 482 g/mol. The summed E-state index contributed by atoms with van der Waals surface area (Å²) >= 11 is 0. The van der Waals surface area contributed by atoms with Crippen LogP contribution >= 0.6 is 0 Å². The molecule has 1 aliphatic rings. The third kappa shape index (κ3) is 4.45. The first-order chi connectivity index (χ1) is 18.0. The SMILES string of the molecule is CCC(=O)NCc1ccc2c(c1)C(C)(C)c1cc(/C(C#N)=C/C=C/c3c(O)n(C)c(=O)n(C)c3=O)cc[n+]1-2. The van der Waals surface area contributed by atoms with Crippen molar-refractivity contribution in [3.8, 4) is 17.6 Å². The summed E-state index contributed by atoms with van der Waals surface area (Å²) < 4.78 is 4.00. The lowest BCUT2D eigenvalue weighted by molar-refractivity contribution is -0.599. The van der Waals surface area contributed by atoms with E-state index in [1.165, 1.54) is 26.2 Å². The van der Waals surface area contributed by atoms with Gasteiger partial charge in [0.1, 0.15) is 5.56 Å². The van der Waals surface area contributed by atoms with Gasteiger partial charge >= 0.3 is 5.69 Å². The van der Waals surface area contributed by atoms with Crippen molar-refractivity contribution in [2.75, 3.05) is 0 Å². The Balaban J connectivity index is 1.68. The van der Waals surface area contributed by atoms with Crippen molar-refractivity contribution < 1.29 is 14.5 Å². The van der Waals surface area contributed by atoms with E-state index in [2.05, 4.69) is 35.9 Å². The first kappa shape index (κ1) is 26.4. The highest BCUT2D eigenvalue weighted by molar-refractivity contribution is 5.79. The van der Waals surface area contributed by atoms with Gasteiger partial charge < -0.3 is 10.4 Å². The highest BCUT2D eigenvalue weighted by Gasteiger charge is 2.43. The van der Waals surface area contributed by atoms with Crippen LogP contribution in [-0.2, 0) is 30.8 Å². The summed E-state index contributed by atoms with van der Waals surface area (Å²) in [6, 6.07) is 12.2. The van der Waals surface area contributed by atoms with Gasteiger partial charge in [0.15, 0.2) is 11.9 Å². The molecule has 2 N–H and O–H groups in total. The molecule has 4 rings (SSSR count). The largest absolute Gasteiger partial charge is 0.494 e. The number of fused-ring (bicyclic) bond motifs is 3. The second-order valence-corrected chi connectivity index (χ2v) is 9.77. The Labute approximate surface area is 220 Å². The molecule has 0 fully saturated rings. The molecule has 9 nitrogen and oxygen atoms in total. The molecule has 1 aliphatic heterocycles. The smallest absolute Gasteiger partial charge is 0.333 e. The third-order valence-corrected chi connectivity index (χ3v) is 7.02. The van der Waals surface area contributed by atoms with Crippen LogP contribution in [0.15, 0.2) is 58.3 Å². The van der Waals surface area contributed by atoms with E-state index in [1.807, 2.05) is 37.4 Å². The van der Waals surface area contributed by atoms with Crippen LogP contribution in [0, 0.1) is 11.3 Å². The molecule has 0 spiro atoms. The number of nitriles is 1. The first-order valence-electron chi connectivity index (χ1n) is 12.3. The maximum absolute atomic E-state index is 12.4. The van der Waals surface area contributed by atoms with E-state index < -0.39 is 17.1 Å². The molecule has 1 amide bonds. The molecule has 38 heavy (non-hydrogen) atoms. The number of carbonyl (C=O) groups is 1. The van der Waals surface area contributed by atoms with Crippen LogP contribution < -0.4 is 21.1 Å². The van der Waals surface area contributed by atoms with Gasteiger partial charge in [0.05, 0.1) is 17.1 Å². The molecule has 9 heteroatoms. The van der Waals surface area contributed by atoms with E-state index in [1.54, 1.807) is 6.08 Å². The van der Waals surface area contributed by atoms with Crippen LogP contribution in [-0.4, -0.2) is 20.1 Å². The van der Waals surface area contributed by atoms with Gasteiger partial charge in [-0.15, -0.1) is 0 Å². The maximum Gasteiger partial charge on any atom is 0.333 e. The Morgan fingerprint density at radius 1 is 1.18 bits per heavy atom. The van der Waals surface area contributed by atoms with Gasteiger partial charge in [-0.1, -0.05) is 19.1 Å². The number of hydrogen-bond donors (Lipinski definition) is 2. The second-order valence-electron chi connectivity index (χ2n) is 9.77. The average Bonchev–Trinajstić information content (AvgIpc) is 3.14. The van der Waals surface area contributed by atoms with Crippen LogP contribution in [0.25, 0.3) is 17.3 Å². The summed E-state index contributed by atoms with van der Waals surface area (Å²) in [4.78, 5) is 36.1. The zero-order valence-corrected chi connectivity index (χ0v) is 22.1. The molecule has 0 saturated heterocycles. The molecule has 1 aromatic carbocycles. The molecule has 0 radical (unpaired) electrons. The van der Waals surface area contributed by atoms with Crippen molar-refractivity contribution in [1.82, 2.24) is 14.5 Å². The topological polar surface area (TPSA) is 121 Å². The minimum absolute atomic E-state index is 0.00353. The van der Waals surface area contributed by atoms with Gasteiger partial charge in [0.2, 0.25) is 17.5 Å². The van der Waals surface area contributed by atoms with Crippen LogP contribution in [0.5, 0.6) is 5.88 Å². The van der Waals surface area contributed by atoms with Crippen molar-refractivity contribution in [3.05, 3.63) is 97.5 Å². The summed E-state index contributed by atoms with van der Waals surface area (Å²) in [6.45, 7) is 6.53. The highest BCUT2D eigenvalue weighted by Crippen LogP contribution is 2.39. The number of aromatic nitrogens is 3. The van der Waals surface area contributed by atoms with Crippen molar-refractivity contribution in [3.63, 3.8) is 0 Å². The molecule has 3 aromatic rings. The lowest BCUT2D eigenvalue weighted by Crippen LogP contribution is -2.37. The fraction of sp³-hybridized carbons (Fsp3) is 0.276. The van der Waals surface area contributed by atoms with Crippen LogP contribution in [0.3, 0.4) is 0 Å². The van der Waals surface area contributed by atoms with E-state index in [-0.39, 0.29) is 16.9 Å². The monoisotopic (exact) mass is 512 g/mol. The number of aromatic hydroxyl groups is 1. The summed E-state index contributed by atoms with van der Waals surface area (Å²) in [6.07, 6.45) is 6.83. The van der Waals surface area contributed by atoms with E-state index in [4.69, 9.17) is 0 Å². The van der Waals surface area contributed by atoms with E-state index in [9.17, 15) is 24.8 Å². The molecule has 0 bridgehead atoms. The van der Waals surface area contributed by atoms with Crippen LogP contribution in [0.4, 0.5) is 0 Å². The summed E-state index contributed by atoms with van der Waals surface area (Å²) in [5, 5.41) is 23.0. The predicted molar refractivity (Wildman–Crippen MR) is 143 cm³/mol. The Morgan fingerprint density at radius 3 is 2.61 bits per heavy atom. The Hall–Kier alpha value is -4.71. The molecule has 194 valence electrons. The van der Waals surface area contributed by atoms with Gasteiger partial charge in [0, 0.05) is 56.4 Å². The lowest BCUT2D eigenvalue weighted by Gasteiger charge is -2.15. The van der Waals surface area contributed by atoms with E-state index in [0.717, 1.165) is 31.6 Å². The Bertz CT molecular complexity index is 1680. The average molecular weight is 513 g/mol. The molecule has 0 atom stereocenters. The first-order valence-corrected chi connectivity index (χ1v) is 12.3.